The molecule has 4 heterocycles. The smallest absolute Gasteiger partial charge is 0.409 e. The van der Waals surface area contributed by atoms with Crippen molar-refractivity contribution in [3.05, 3.63) is 70.4 Å². The molecule has 0 aliphatic carbocycles. The quantitative estimate of drug-likeness (QED) is 0.379. The molecule has 7 nitrogen and oxygen atoms in total. The van der Waals surface area contributed by atoms with Crippen molar-refractivity contribution in [3.63, 3.8) is 0 Å². The molecule has 0 bridgehead atoms. The fraction of sp³-hybridized carbons (Fsp3) is 0.269. The van der Waals surface area contributed by atoms with Crippen LogP contribution in [0.25, 0.3) is 27.3 Å². The number of amides is 1. The fourth-order valence-corrected chi connectivity index (χ4v) is 5.23. The largest absolute Gasteiger partial charge is 0.453 e. The molecule has 36 heavy (non-hydrogen) atoms. The van der Waals surface area contributed by atoms with Gasteiger partial charge in [-0.05, 0) is 54.4 Å². The third kappa shape index (κ3) is 4.43. The summed E-state index contributed by atoms with van der Waals surface area (Å²) in [5, 5.41) is 9.08. The van der Waals surface area contributed by atoms with Crippen molar-refractivity contribution in [1.29, 1.82) is 5.26 Å². The van der Waals surface area contributed by atoms with E-state index in [1.165, 1.54) is 30.6 Å². The molecule has 3 aromatic heterocycles. The fourth-order valence-electron chi connectivity index (χ4n) is 4.44. The van der Waals surface area contributed by atoms with Crippen LogP contribution in [0.15, 0.2) is 42.6 Å². The number of nitriles is 1. The zero-order valence-corrected chi connectivity index (χ0v) is 20.4. The van der Waals surface area contributed by atoms with Crippen molar-refractivity contribution in [2.75, 3.05) is 26.8 Å². The first-order valence-corrected chi connectivity index (χ1v) is 12.1. The molecule has 1 atom stereocenters. The zero-order valence-electron chi connectivity index (χ0n) is 19.6. The predicted octanol–water partition coefficient (Wildman–Crippen LogP) is 5.20. The van der Waals surface area contributed by atoms with Crippen LogP contribution in [0.1, 0.15) is 16.1 Å². The number of pyridine rings is 1. The summed E-state index contributed by atoms with van der Waals surface area (Å²) in [5.41, 5.74) is 2.40. The number of aromatic nitrogens is 2. The number of rotatable bonds is 4. The van der Waals surface area contributed by atoms with Gasteiger partial charge in [0.25, 0.3) is 0 Å². The molecular weight excluding hydrogens is 486 g/mol. The molecule has 4 aromatic rings. The van der Waals surface area contributed by atoms with Crippen LogP contribution in [0.3, 0.4) is 0 Å². The average Bonchev–Trinajstić information content (AvgIpc) is 3.48. The monoisotopic (exact) mass is 508 g/mol. The molecule has 1 aliphatic heterocycles. The van der Waals surface area contributed by atoms with Crippen molar-refractivity contribution in [3.8, 4) is 27.8 Å². The number of halogens is 2. The summed E-state index contributed by atoms with van der Waals surface area (Å²) in [6.07, 6.45) is 1.25. The van der Waals surface area contributed by atoms with Gasteiger partial charge >= 0.3 is 6.09 Å². The number of fused-ring (bicyclic) bond motifs is 1. The number of nitrogens with zero attached hydrogens (tertiary/aromatic N) is 4. The zero-order chi connectivity index (χ0) is 25.4. The third-order valence-corrected chi connectivity index (χ3v) is 7.19. The van der Waals surface area contributed by atoms with Crippen molar-refractivity contribution < 1.29 is 23.0 Å². The van der Waals surface area contributed by atoms with Gasteiger partial charge in [0.2, 0.25) is 0 Å². The Kier molecular flexibility index (Phi) is 6.43. The van der Waals surface area contributed by atoms with E-state index in [-0.39, 0.29) is 24.2 Å². The van der Waals surface area contributed by atoms with E-state index in [2.05, 4.69) is 4.98 Å². The normalized spacial score (nSPS) is 15.8. The Balaban J connectivity index is 1.58. The van der Waals surface area contributed by atoms with Crippen LogP contribution < -0.4 is 0 Å². The first-order chi connectivity index (χ1) is 17.4. The first-order valence-electron chi connectivity index (χ1n) is 11.3. The molecule has 1 saturated heterocycles. The van der Waals surface area contributed by atoms with Crippen molar-refractivity contribution in [2.45, 2.75) is 19.4 Å². The minimum atomic E-state index is -0.751. The maximum absolute atomic E-state index is 15.5. The average molecular weight is 509 g/mol. The van der Waals surface area contributed by atoms with Gasteiger partial charge in [0, 0.05) is 24.0 Å². The van der Waals surface area contributed by atoms with E-state index in [4.69, 9.17) is 14.7 Å². The highest BCUT2D eigenvalue weighted by Gasteiger charge is 2.29. The Morgan fingerprint density at radius 3 is 2.75 bits per heavy atom. The Hall–Kier alpha value is -3.81. The summed E-state index contributed by atoms with van der Waals surface area (Å²) in [5.74, 6) is -1.50. The SMILES string of the molecule is COC(=O)N1CCO[C@@H](Cc2c(-c3c(F)cc(-c4ccc(C#N)s4)cc3F)nc3cc(C)ccn23)C1. The highest BCUT2D eigenvalue weighted by atomic mass is 32.1. The lowest BCUT2D eigenvalue weighted by Crippen LogP contribution is -2.46. The summed E-state index contributed by atoms with van der Waals surface area (Å²) in [6, 6.07) is 11.6. The lowest BCUT2D eigenvalue weighted by Gasteiger charge is -2.32. The van der Waals surface area contributed by atoms with Crippen LogP contribution in [0.5, 0.6) is 0 Å². The van der Waals surface area contributed by atoms with E-state index in [0.717, 1.165) is 5.56 Å². The number of thiophene rings is 1. The second-order valence-corrected chi connectivity index (χ2v) is 9.63. The number of carbonyl (C=O) groups is 1. The lowest BCUT2D eigenvalue weighted by atomic mass is 10.0. The number of carbonyl (C=O) groups excluding carboxylic acids is 1. The van der Waals surface area contributed by atoms with Crippen LogP contribution in [-0.4, -0.2) is 53.3 Å². The summed E-state index contributed by atoms with van der Waals surface area (Å²) >= 11 is 1.17. The van der Waals surface area contributed by atoms with E-state index in [9.17, 15) is 4.79 Å². The maximum Gasteiger partial charge on any atom is 0.409 e. The molecule has 1 aliphatic rings. The van der Waals surface area contributed by atoms with Crippen molar-refractivity contribution in [1.82, 2.24) is 14.3 Å². The van der Waals surface area contributed by atoms with Crippen LogP contribution in [0, 0.1) is 29.9 Å². The van der Waals surface area contributed by atoms with Crippen molar-refractivity contribution >= 4 is 23.1 Å². The predicted molar refractivity (Wildman–Crippen MR) is 131 cm³/mol. The van der Waals surface area contributed by atoms with E-state index in [0.29, 0.717) is 39.8 Å². The van der Waals surface area contributed by atoms with Gasteiger partial charge in [-0.3, -0.25) is 0 Å². The molecule has 10 heteroatoms. The summed E-state index contributed by atoms with van der Waals surface area (Å²) < 4.78 is 43.5. The Bertz CT molecular complexity index is 1480. The van der Waals surface area contributed by atoms with Crippen LogP contribution in [0.2, 0.25) is 0 Å². The number of hydrogen-bond donors (Lipinski definition) is 0. The third-order valence-electron chi connectivity index (χ3n) is 6.15. The highest BCUT2D eigenvalue weighted by Crippen LogP contribution is 2.36. The van der Waals surface area contributed by atoms with E-state index < -0.39 is 23.8 Å². The summed E-state index contributed by atoms with van der Waals surface area (Å²) in [7, 11) is 1.32. The number of benzene rings is 1. The van der Waals surface area contributed by atoms with E-state index in [1.807, 2.05) is 31.3 Å². The second kappa shape index (κ2) is 9.68. The minimum Gasteiger partial charge on any atom is -0.453 e. The van der Waals surface area contributed by atoms with Gasteiger partial charge in [0.15, 0.2) is 0 Å². The van der Waals surface area contributed by atoms with Gasteiger partial charge < -0.3 is 18.8 Å². The van der Waals surface area contributed by atoms with Gasteiger partial charge in [-0.25, -0.2) is 18.6 Å². The maximum atomic E-state index is 15.5. The van der Waals surface area contributed by atoms with E-state index >= 15 is 8.78 Å². The number of morpholine rings is 1. The topological polar surface area (TPSA) is 79.9 Å². The lowest BCUT2D eigenvalue weighted by molar-refractivity contribution is -0.0241. The highest BCUT2D eigenvalue weighted by molar-refractivity contribution is 7.16. The number of hydrogen-bond acceptors (Lipinski definition) is 6. The second-order valence-electron chi connectivity index (χ2n) is 8.54. The molecule has 5 rings (SSSR count). The Morgan fingerprint density at radius 2 is 2.06 bits per heavy atom. The summed E-state index contributed by atoms with van der Waals surface area (Å²) in [4.78, 5) is 19.2. The van der Waals surface area contributed by atoms with Gasteiger partial charge in [-0.2, -0.15) is 5.26 Å². The Labute approximate surface area is 210 Å². The van der Waals surface area contributed by atoms with Gasteiger partial charge in [0.05, 0.1) is 43.3 Å². The molecule has 1 fully saturated rings. The first kappa shape index (κ1) is 23.9. The molecule has 1 amide bonds. The standard InChI is InChI=1S/C26H22F2N4O3S/c1-15-5-6-32-21(12-17-14-31(7-8-35-17)26(33)34-2)25(30-23(32)9-15)24-19(27)10-16(11-20(24)28)22-4-3-18(13-29)36-22/h3-6,9-11,17H,7-8,12,14H2,1-2H3/t17-/m0/s1. The van der Waals surface area contributed by atoms with Crippen LogP contribution >= 0.6 is 11.3 Å². The van der Waals surface area contributed by atoms with Gasteiger partial charge in [0.1, 0.15) is 28.2 Å². The molecule has 0 saturated carbocycles. The van der Waals surface area contributed by atoms with Gasteiger partial charge in [-0.15, -0.1) is 11.3 Å². The van der Waals surface area contributed by atoms with E-state index in [1.54, 1.807) is 21.4 Å². The molecule has 1 aromatic carbocycles. The molecule has 0 N–H and O–H groups in total. The molecular formula is C26H22F2N4O3S. The van der Waals surface area contributed by atoms with Crippen LogP contribution in [0.4, 0.5) is 13.6 Å². The number of aryl methyl sites for hydroxylation is 1. The minimum absolute atomic E-state index is 0.185. The molecule has 0 spiro atoms. The number of imidazole rings is 1. The Morgan fingerprint density at radius 1 is 1.28 bits per heavy atom. The van der Waals surface area contributed by atoms with Crippen LogP contribution in [-0.2, 0) is 15.9 Å². The number of ether oxygens (including phenoxy) is 2. The number of methoxy groups -OCH3 is 1. The van der Waals surface area contributed by atoms with Gasteiger partial charge in [-0.1, -0.05) is 0 Å². The summed E-state index contributed by atoms with van der Waals surface area (Å²) in [6.45, 7) is 2.94. The molecule has 0 unspecified atom stereocenters. The molecule has 0 radical (unpaired) electrons. The van der Waals surface area contributed by atoms with Crippen molar-refractivity contribution in [2.24, 2.45) is 0 Å². The molecule has 184 valence electrons.